The lowest BCUT2D eigenvalue weighted by molar-refractivity contribution is -0.163. The maximum atomic E-state index is 15.2. The number of likely N-dealkylation sites (tertiary alicyclic amines) is 2. The summed E-state index contributed by atoms with van der Waals surface area (Å²) in [5.41, 5.74) is 3.83. The largest absolute Gasteiger partial charge is 0.481 e. The van der Waals surface area contributed by atoms with Gasteiger partial charge in [-0.15, -0.1) is 0 Å². The average molecular weight is 1390 g/mol. The zero-order valence-electron chi connectivity index (χ0n) is 59.4. The van der Waals surface area contributed by atoms with E-state index < -0.39 is 162 Å². The van der Waals surface area contributed by atoms with Gasteiger partial charge in [0.05, 0.1) is 72.3 Å². The number of ketones is 2. The second kappa shape index (κ2) is 37.3. The Morgan fingerprint density at radius 3 is 1.48 bits per heavy atom. The zero-order chi connectivity index (χ0) is 73.8. The van der Waals surface area contributed by atoms with E-state index in [9.17, 15) is 53.4 Å². The van der Waals surface area contributed by atoms with Crippen molar-refractivity contribution in [2.24, 2.45) is 53.3 Å². The number of carbonyl (C=O) groups excluding carboxylic acids is 10. The topological polar surface area (TPSA) is 340 Å². The molecule has 4 aromatic carbocycles. The monoisotopic (exact) mass is 1390 g/mol. The second-order valence-corrected chi connectivity index (χ2v) is 26.3. The summed E-state index contributed by atoms with van der Waals surface area (Å²) in [6.45, 7) is 8.44. The minimum atomic E-state index is -1.95. The number of amides is 7. The molecule has 2 fully saturated rings. The van der Waals surface area contributed by atoms with E-state index in [1.54, 1.807) is 86.6 Å². The van der Waals surface area contributed by atoms with Crippen LogP contribution in [0.25, 0.3) is 0 Å². The summed E-state index contributed by atoms with van der Waals surface area (Å²) in [6.07, 6.45) is -7.68. The Balaban J connectivity index is 1.35. The molecule has 0 saturated carbocycles. The quantitative estimate of drug-likeness (QED) is 0.00803. The summed E-state index contributed by atoms with van der Waals surface area (Å²) in [5.74, 6) is -22.2. The van der Waals surface area contributed by atoms with Gasteiger partial charge < -0.3 is 59.6 Å². The molecule has 5 N–H and O–H groups in total. The maximum Gasteiger partial charge on any atom is 0.317 e. The van der Waals surface area contributed by atoms with E-state index in [-0.39, 0.29) is 75.6 Å². The molecule has 0 radical (unpaired) electrons. The van der Waals surface area contributed by atoms with Gasteiger partial charge in [0.2, 0.25) is 29.5 Å². The van der Waals surface area contributed by atoms with Crippen molar-refractivity contribution in [3.8, 4) is 5.75 Å². The standard InChI is InChI=1S/C74H97N7O19/c1-14-57(96-10)64(74(95)100-51-31-25-46(26-32-51)56(83)40-55(82)45-19-17-43(4)18-20-45)54(73(93)94)39-59(98-12)62(67(86)77-34-15-33-75-65(84)47-21-27-49(28-22-47)78(6)7)53(72(91)92)38-60(99-13)63-52(37-58(97-11)61-44(5)68(87)81(70(61)89)41-42(2)3)69(88)80(71(63)90)36-16-35-76-66(85)48-23-29-50(30-24-48)79(8)9/h17-32,42,44,52-54,57-64H,14-16,33-41H2,1-13H3,(H,75,84)(H,76,85)(H,77,86)(H,91,92)(H,93,94). The van der Waals surface area contributed by atoms with Crippen molar-refractivity contribution in [3.63, 3.8) is 0 Å². The lowest BCUT2D eigenvalue weighted by Gasteiger charge is -2.36. The smallest absolute Gasteiger partial charge is 0.317 e. The highest BCUT2D eigenvalue weighted by Gasteiger charge is 2.57. The number of carboxylic acids is 2. The Bertz CT molecular complexity index is 3520. The van der Waals surface area contributed by atoms with Crippen LogP contribution < -0.4 is 30.5 Å². The minimum absolute atomic E-state index is 0.00120. The third-order valence-electron chi connectivity index (χ3n) is 18.8. The van der Waals surface area contributed by atoms with E-state index in [1.807, 2.05) is 58.8 Å². The van der Waals surface area contributed by atoms with Gasteiger partial charge in [0.25, 0.3) is 11.8 Å². The number of methoxy groups -OCH3 is 4. The molecule has 2 saturated heterocycles. The lowest BCUT2D eigenvalue weighted by Crippen LogP contribution is -2.50. The predicted octanol–water partition coefficient (Wildman–Crippen LogP) is 6.40. The number of Topliss-reactive ketones (excluding diaryl/α,β-unsaturated/α-hetero) is 2. The summed E-state index contributed by atoms with van der Waals surface area (Å²) in [4.78, 5) is 175. The Kier molecular flexibility index (Phi) is 29.7. The number of carbonyl (C=O) groups is 12. The predicted molar refractivity (Wildman–Crippen MR) is 369 cm³/mol. The molecule has 2 aliphatic rings. The van der Waals surface area contributed by atoms with E-state index in [0.29, 0.717) is 16.7 Å². The molecule has 2 heterocycles. The van der Waals surface area contributed by atoms with Crippen molar-refractivity contribution in [3.05, 3.63) is 125 Å². The summed E-state index contributed by atoms with van der Waals surface area (Å²) in [5, 5.41) is 31.1. The molecule has 100 heavy (non-hydrogen) atoms. The molecule has 7 amide bonds. The molecule has 2 aliphatic heterocycles. The Morgan fingerprint density at radius 1 is 0.540 bits per heavy atom. The number of anilines is 2. The molecule has 0 spiro atoms. The summed E-state index contributed by atoms with van der Waals surface area (Å²) < 4.78 is 29.6. The van der Waals surface area contributed by atoms with Crippen LogP contribution >= 0.6 is 0 Å². The van der Waals surface area contributed by atoms with E-state index in [1.165, 1.54) is 45.6 Å². The van der Waals surface area contributed by atoms with Crippen LogP contribution in [0.5, 0.6) is 5.75 Å². The fourth-order valence-electron chi connectivity index (χ4n) is 13.2. The van der Waals surface area contributed by atoms with Crippen LogP contribution in [0, 0.1) is 60.2 Å². The van der Waals surface area contributed by atoms with Gasteiger partial charge in [0, 0.05) is 129 Å². The molecule has 12 unspecified atom stereocenters. The fourth-order valence-corrected chi connectivity index (χ4v) is 13.2. The van der Waals surface area contributed by atoms with Crippen molar-refractivity contribution >= 4 is 82.2 Å². The van der Waals surface area contributed by atoms with Crippen molar-refractivity contribution in [2.45, 2.75) is 104 Å². The first-order chi connectivity index (χ1) is 47.5. The molecule has 0 bridgehead atoms. The zero-order valence-corrected chi connectivity index (χ0v) is 59.4. The van der Waals surface area contributed by atoms with Crippen molar-refractivity contribution in [2.75, 3.05) is 99.2 Å². The van der Waals surface area contributed by atoms with E-state index >= 15 is 14.4 Å². The molecule has 4 aromatic rings. The number of ether oxygens (including phenoxy) is 5. The van der Waals surface area contributed by atoms with Gasteiger partial charge in [-0.2, -0.15) is 0 Å². The Morgan fingerprint density at radius 2 is 1.01 bits per heavy atom. The molecule has 542 valence electrons. The van der Waals surface area contributed by atoms with Crippen LogP contribution in [-0.4, -0.2) is 205 Å². The number of rotatable bonds is 40. The normalized spacial score (nSPS) is 18.5. The molecule has 26 heteroatoms. The number of aliphatic carboxylic acids is 2. The number of hydrogen-bond donors (Lipinski definition) is 5. The highest BCUT2D eigenvalue weighted by atomic mass is 16.5. The number of carboxylic acid groups (broad SMARTS) is 2. The van der Waals surface area contributed by atoms with Gasteiger partial charge in [-0.1, -0.05) is 57.5 Å². The molecule has 12 atom stereocenters. The third kappa shape index (κ3) is 20.2. The number of benzene rings is 4. The van der Waals surface area contributed by atoms with Gasteiger partial charge >= 0.3 is 17.9 Å². The Labute approximate surface area is 584 Å². The third-order valence-corrected chi connectivity index (χ3v) is 18.8. The first-order valence-corrected chi connectivity index (χ1v) is 33.6. The van der Waals surface area contributed by atoms with Crippen LogP contribution in [-0.2, 0) is 57.3 Å². The van der Waals surface area contributed by atoms with Crippen molar-refractivity contribution < 1.29 is 91.4 Å². The van der Waals surface area contributed by atoms with Crippen molar-refractivity contribution in [1.82, 2.24) is 25.8 Å². The molecule has 0 aliphatic carbocycles. The molecule has 0 aromatic heterocycles. The van der Waals surface area contributed by atoms with Gasteiger partial charge in [-0.3, -0.25) is 67.3 Å². The van der Waals surface area contributed by atoms with Crippen LogP contribution in [0.3, 0.4) is 0 Å². The summed E-state index contributed by atoms with van der Waals surface area (Å²) in [6, 6.07) is 25.7. The number of nitrogens with one attached hydrogen (secondary N) is 3. The first-order valence-electron chi connectivity index (χ1n) is 33.6. The molecule has 26 nitrogen and oxygen atoms in total. The summed E-state index contributed by atoms with van der Waals surface area (Å²) in [7, 11) is 12.3. The van der Waals surface area contributed by atoms with Crippen molar-refractivity contribution in [1.29, 1.82) is 0 Å². The minimum Gasteiger partial charge on any atom is -0.481 e. The van der Waals surface area contributed by atoms with Gasteiger partial charge in [0.1, 0.15) is 5.75 Å². The average Bonchev–Trinajstić information content (AvgIpc) is 1.59. The molecular formula is C74H97N7O19. The highest BCUT2D eigenvalue weighted by Crippen LogP contribution is 2.42. The first kappa shape index (κ1) is 79.7. The summed E-state index contributed by atoms with van der Waals surface area (Å²) >= 11 is 0. The highest BCUT2D eigenvalue weighted by molar-refractivity contribution is 6.13. The Hall–Kier alpha value is -9.24. The number of hydrogen-bond acceptors (Lipinski definition) is 19. The SMILES string of the molecule is CCC(OC)C(C(=O)Oc1ccc(C(=O)CC(=O)c2ccc(C)cc2)cc1)C(CC(OC)C(C(=O)NCCCNC(=O)c1ccc(N(C)C)cc1)C(CC(OC)C1C(=O)N(CCCNC(=O)c2ccc(N(C)C)cc2)C(=O)C1CC(OC)C1C(=O)N(CC(C)C)C(=O)C1C)C(=O)O)C(=O)O. The number of esters is 1. The number of nitrogens with zero attached hydrogens (tertiary/aromatic N) is 4. The van der Waals surface area contributed by atoms with Gasteiger partial charge in [0.15, 0.2) is 11.6 Å². The number of aryl methyl sites for hydroxylation is 1. The van der Waals surface area contributed by atoms with Crippen LogP contribution in [0.2, 0.25) is 0 Å². The van der Waals surface area contributed by atoms with Gasteiger partial charge in [-0.25, -0.2) is 0 Å². The maximum absolute atomic E-state index is 15.2. The van der Waals surface area contributed by atoms with E-state index in [0.717, 1.165) is 33.8 Å². The number of imide groups is 2. The van der Waals surface area contributed by atoms with Gasteiger partial charge in [-0.05, 0) is 124 Å². The molecule has 6 rings (SSSR count). The lowest BCUT2D eigenvalue weighted by atomic mass is 9.73. The van der Waals surface area contributed by atoms with E-state index in [2.05, 4.69) is 16.0 Å². The fraction of sp³-hybridized carbons (Fsp3) is 0.514. The van der Waals surface area contributed by atoms with E-state index in [4.69, 9.17) is 23.7 Å². The van der Waals surface area contributed by atoms with Crippen LogP contribution in [0.1, 0.15) is 120 Å². The van der Waals surface area contributed by atoms with Crippen LogP contribution in [0.15, 0.2) is 97.1 Å². The second-order valence-electron chi connectivity index (χ2n) is 26.3. The van der Waals surface area contributed by atoms with Crippen LogP contribution in [0.4, 0.5) is 11.4 Å². The molecular weight excluding hydrogens is 1290 g/mol.